The second kappa shape index (κ2) is 6.34. The molecule has 1 aromatic heterocycles. The lowest BCUT2D eigenvalue weighted by Gasteiger charge is -2.27. The second-order valence-corrected chi connectivity index (χ2v) is 5.68. The smallest absolute Gasteiger partial charge is 0.284 e. The van der Waals surface area contributed by atoms with Gasteiger partial charge in [-0.05, 0) is 42.5 Å². The van der Waals surface area contributed by atoms with Crippen molar-refractivity contribution in [2.24, 2.45) is 0 Å². The third-order valence-corrected chi connectivity index (χ3v) is 4.23. The van der Waals surface area contributed by atoms with E-state index in [1.165, 1.54) is 12.1 Å². The highest BCUT2D eigenvalue weighted by Gasteiger charge is 2.52. The quantitative estimate of drug-likeness (QED) is 0.633. The molecule has 2 aromatic carbocycles. The van der Waals surface area contributed by atoms with Gasteiger partial charge in [0.15, 0.2) is 6.54 Å². The number of pyridine rings is 1. The maximum atomic E-state index is 13.3. The van der Waals surface area contributed by atoms with E-state index in [1.54, 1.807) is 12.1 Å². The molecule has 2 heterocycles. The molecule has 0 bridgehead atoms. The molecule has 1 atom stereocenters. The molecule has 0 saturated heterocycles. The summed E-state index contributed by atoms with van der Waals surface area (Å²) in [5, 5.41) is 11.5. The van der Waals surface area contributed by atoms with Crippen molar-refractivity contribution in [1.82, 2.24) is 0 Å². The number of aliphatic hydroxyl groups is 1. The Balaban J connectivity index is 0.00000169. The highest BCUT2D eigenvalue weighted by molar-refractivity contribution is 5.62. The standard InChI is InChI=1S/C19H16FN2O.BrH/c20-16-11-9-15(10-12-16)19(23)14-21-13-5-4-8-18(21)22(19)17-6-2-1-3-7-17;/h1-13,23H,14H2;1H/q+1;/p-1. The summed E-state index contributed by atoms with van der Waals surface area (Å²) in [7, 11) is 0. The highest BCUT2D eigenvalue weighted by Crippen LogP contribution is 2.40. The van der Waals surface area contributed by atoms with Gasteiger partial charge in [0.2, 0.25) is 0 Å². The van der Waals surface area contributed by atoms with Crippen molar-refractivity contribution in [2.45, 2.75) is 12.3 Å². The van der Waals surface area contributed by atoms with E-state index in [9.17, 15) is 9.50 Å². The Morgan fingerprint density at radius 1 is 0.917 bits per heavy atom. The molecule has 0 radical (unpaired) electrons. The number of fused-ring (bicyclic) bond motifs is 1. The van der Waals surface area contributed by atoms with Crippen LogP contribution in [0.5, 0.6) is 0 Å². The van der Waals surface area contributed by atoms with E-state index in [4.69, 9.17) is 0 Å². The van der Waals surface area contributed by atoms with Gasteiger partial charge in [0.1, 0.15) is 11.5 Å². The van der Waals surface area contributed by atoms with Crippen LogP contribution in [-0.4, -0.2) is 5.11 Å². The van der Waals surface area contributed by atoms with Gasteiger partial charge in [-0.2, -0.15) is 4.90 Å². The first-order valence-electron chi connectivity index (χ1n) is 7.51. The zero-order chi connectivity index (χ0) is 15.9. The van der Waals surface area contributed by atoms with E-state index in [2.05, 4.69) is 0 Å². The van der Waals surface area contributed by atoms with Gasteiger partial charge in [0, 0.05) is 11.6 Å². The van der Waals surface area contributed by atoms with Gasteiger partial charge < -0.3 is 22.1 Å². The summed E-state index contributed by atoms with van der Waals surface area (Å²) in [6.07, 6.45) is 1.94. The Kier molecular flexibility index (Phi) is 4.39. The average Bonchev–Trinajstić information content (AvgIpc) is 2.89. The average molecular weight is 387 g/mol. The molecule has 0 amide bonds. The van der Waals surface area contributed by atoms with Gasteiger partial charge in [-0.15, -0.1) is 0 Å². The van der Waals surface area contributed by atoms with E-state index >= 15 is 0 Å². The molecule has 1 unspecified atom stereocenters. The van der Waals surface area contributed by atoms with Crippen LogP contribution in [0.15, 0.2) is 79.0 Å². The predicted octanol–water partition coefficient (Wildman–Crippen LogP) is 0.114. The number of hydrogen-bond acceptors (Lipinski definition) is 2. The molecule has 4 rings (SSSR count). The Bertz CT molecular complexity index is 842. The molecule has 3 aromatic rings. The van der Waals surface area contributed by atoms with Gasteiger partial charge >= 0.3 is 0 Å². The van der Waals surface area contributed by atoms with Gasteiger partial charge in [-0.3, -0.25) is 0 Å². The highest BCUT2D eigenvalue weighted by atomic mass is 79.9. The third-order valence-electron chi connectivity index (χ3n) is 4.23. The predicted molar refractivity (Wildman–Crippen MR) is 85.5 cm³/mol. The lowest BCUT2D eigenvalue weighted by molar-refractivity contribution is -0.683. The molecular formula is C19H16BrFN2O. The molecule has 1 aliphatic rings. The van der Waals surface area contributed by atoms with Crippen LogP contribution in [0.2, 0.25) is 0 Å². The molecule has 24 heavy (non-hydrogen) atoms. The van der Waals surface area contributed by atoms with Gasteiger partial charge in [0.05, 0.1) is 6.20 Å². The monoisotopic (exact) mass is 386 g/mol. The van der Waals surface area contributed by atoms with Crippen LogP contribution in [0.1, 0.15) is 5.56 Å². The zero-order valence-corrected chi connectivity index (χ0v) is 14.4. The molecule has 1 aliphatic heterocycles. The number of nitrogens with zero attached hydrogens (tertiary/aromatic N) is 2. The zero-order valence-electron chi connectivity index (χ0n) is 12.8. The first-order chi connectivity index (χ1) is 11.2. The maximum Gasteiger partial charge on any atom is 0.284 e. The Labute approximate surface area is 150 Å². The summed E-state index contributed by atoms with van der Waals surface area (Å²) in [4.78, 5) is 1.89. The molecular weight excluding hydrogens is 371 g/mol. The van der Waals surface area contributed by atoms with E-state index in [0.29, 0.717) is 12.1 Å². The first kappa shape index (κ1) is 16.6. The topological polar surface area (TPSA) is 27.4 Å². The fourth-order valence-electron chi connectivity index (χ4n) is 3.16. The largest absolute Gasteiger partial charge is 1.00 e. The molecule has 1 N–H and O–H groups in total. The number of rotatable bonds is 2. The molecule has 3 nitrogen and oxygen atoms in total. The minimum atomic E-state index is -1.26. The van der Waals surface area contributed by atoms with Crippen molar-refractivity contribution in [3.63, 3.8) is 0 Å². The number of halogens is 2. The third kappa shape index (κ3) is 2.60. The summed E-state index contributed by atoms with van der Waals surface area (Å²) < 4.78 is 15.3. The number of hydrogen-bond donors (Lipinski definition) is 1. The van der Waals surface area contributed by atoms with E-state index in [0.717, 1.165) is 11.5 Å². The van der Waals surface area contributed by atoms with E-state index < -0.39 is 5.72 Å². The second-order valence-electron chi connectivity index (χ2n) is 5.68. The molecule has 0 saturated carbocycles. The molecule has 0 fully saturated rings. The summed E-state index contributed by atoms with van der Waals surface area (Å²) in [5.74, 6) is 0.581. The van der Waals surface area contributed by atoms with Crippen LogP contribution in [-0.2, 0) is 12.3 Å². The molecule has 5 heteroatoms. The minimum Gasteiger partial charge on any atom is -1.00 e. The van der Waals surface area contributed by atoms with Crippen molar-refractivity contribution < 1.29 is 31.0 Å². The summed E-state index contributed by atoms with van der Waals surface area (Å²) in [6.45, 7) is 0.379. The Morgan fingerprint density at radius 3 is 2.29 bits per heavy atom. The van der Waals surface area contributed by atoms with Crippen LogP contribution in [0.3, 0.4) is 0 Å². The summed E-state index contributed by atoms with van der Waals surface area (Å²) in [5.41, 5.74) is 0.284. The molecule has 0 spiro atoms. The normalized spacial score (nSPS) is 18.8. The number of para-hydroxylation sites is 1. The van der Waals surface area contributed by atoms with Crippen LogP contribution in [0.25, 0.3) is 0 Å². The summed E-state index contributed by atoms with van der Waals surface area (Å²) >= 11 is 0. The fourth-order valence-corrected chi connectivity index (χ4v) is 3.16. The maximum absolute atomic E-state index is 13.3. The Morgan fingerprint density at radius 2 is 1.58 bits per heavy atom. The molecule has 0 aliphatic carbocycles. The number of benzene rings is 2. The summed E-state index contributed by atoms with van der Waals surface area (Å²) in [6, 6.07) is 21.6. The van der Waals surface area contributed by atoms with Crippen LogP contribution < -0.4 is 26.4 Å². The van der Waals surface area contributed by atoms with Crippen LogP contribution >= 0.6 is 0 Å². The van der Waals surface area contributed by atoms with Gasteiger partial charge in [-0.1, -0.05) is 24.3 Å². The van der Waals surface area contributed by atoms with Crippen molar-refractivity contribution in [3.05, 3.63) is 90.4 Å². The minimum absolute atomic E-state index is 0. The van der Waals surface area contributed by atoms with E-state index in [-0.39, 0.29) is 22.8 Å². The lowest BCUT2D eigenvalue weighted by Crippen LogP contribution is -3.00. The number of anilines is 2. The van der Waals surface area contributed by atoms with Crippen molar-refractivity contribution in [3.8, 4) is 0 Å². The first-order valence-corrected chi connectivity index (χ1v) is 7.51. The molecule has 122 valence electrons. The number of aromatic nitrogens is 1. The van der Waals surface area contributed by atoms with Crippen molar-refractivity contribution in [2.75, 3.05) is 4.90 Å². The fraction of sp³-hybridized carbons (Fsp3) is 0.105. The van der Waals surface area contributed by atoms with Crippen LogP contribution in [0.4, 0.5) is 15.9 Å². The van der Waals surface area contributed by atoms with Crippen molar-refractivity contribution >= 4 is 11.5 Å². The van der Waals surface area contributed by atoms with Crippen molar-refractivity contribution in [1.29, 1.82) is 0 Å². The SMILES string of the molecule is OC1(c2ccc(F)cc2)C[n+]2ccccc2N1c1ccccc1.[Br-]. The lowest BCUT2D eigenvalue weighted by atomic mass is 10.0. The van der Waals surface area contributed by atoms with Crippen LogP contribution in [0, 0.1) is 5.82 Å². The Hall–Kier alpha value is -2.24. The van der Waals surface area contributed by atoms with Gasteiger partial charge in [-0.25, -0.2) is 8.96 Å². The van der Waals surface area contributed by atoms with E-state index in [1.807, 2.05) is 64.2 Å². The van der Waals surface area contributed by atoms with Gasteiger partial charge in [0.25, 0.3) is 11.5 Å².